The zero-order valence-electron chi connectivity index (χ0n) is 19.5. The Kier molecular flexibility index (Phi) is 5.81. The van der Waals surface area contributed by atoms with E-state index < -0.39 is 6.09 Å². The van der Waals surface area contributed by atoms with Crippen LogP contribution in [0.5, 0.6) is 0 Å². The van der Waals surface area contributed by atoms with E-state index in [2.05, 4.69) is 10.6 Å². The fraction of sp³-hybridized carbons (Fsp3) is 0.360. The lowest BCUT2D eigenvalue weighted by Crippen LogP contribution is -2.43. The van der Waals surface area contributed by atoms with Gasteiger partial charge in [0.2, 0.25) is 5.91 Å². The Hall–Kier alpha value is -3.57. The highest BCUT2D eigenvalue weighted by molar-refractivity contribution is 8.00. The first kappa shape index (κ1) is 22.9. The molecule has 2 N–H and O–H groups in total. The molecule has 1 atom stereocenters. The summed E-state index contributed by atoms with van der Waals surface area (Å²) in [6.45, 7) is 1.97. The number of ether oxygens (including phenoxy) is 1. The predicted octanol–water partition coefficient (Wildman–Crippen LogP) is 1.77. The van der Waals surface area contributed by atoms with Crippen LogP contribution >= 0.6 is 11.8 Å². The number of rotatable bonds is 6. The third kappa shape index (κ3) is 3.97. The summed E-state index contributed by atoms with van der Waals surface area (Å²) in [6.07, 6.45) is 0.922. The molecule has 3 aliphatic rings. The number of cyclic esters (lactones) is 1. The predicted molar refractivity (Wildman–Crippen MR) is 137 cm³/mol. The lowest BCUT2D eigenvalue weighted by Gasteiger charge is -2.20. The summed E-state index contributed by atoms with van der Waals surface area (Å²) in [5.41, 5.74) is 2.62. The summed E-state index contributed by atoms with van der Waals surface area (Å²) in [5.74, 6) is 0.317. The van der Waals surface area contributed by atoms with Crippen LogP contribution in [0.25, 0.3) is 10.9 Å². The molecule has 0 bridgehead atoms. The quantitative estimate of drug-likeness (QED) is 0.489. The normalized spacial score (nSPS) is 18.8. The van der Waals surface area contributed by atoms with Crippen LogP contribution in [0.2, 0.25) is 0 Å². The Morgan fingerprint density at radius 1 is 1.14 bits per heavy atom. The van der Waals surface area contributed by atoms with E-state index in [-0.39, 0.29) is 29.8 Å². The van der Waals surface area contributed by atoms with Crippen LogP contribution in [0, 0.1) is 0 Å². The molecule has 4 heterocycles. The van der Waals surface area contributed by atoms with Gasteiger partial charge in [0.15, 0.2) is 0 Å². The molecule has 0 saturated carbocycles. The van der Waals surface area contributed by atoms with Crippen LogP contribution < -0.4 is 26.8 Å². The molecule has 0 unspecified atom stereocenters. The first-order chi connectivity index (χ1) is 17.5. The van der Waals surface area contributed by atoms with Crippen molar-refractivity contribution in [2.45, 2.75) is 36.9 Å². The Balaban J connectivity index is 1.10. The minimum absolute atomic E-state index is 0.0643. The number of nitrogens with zero attached hydrogens (tertiary/aromatic N) is 3. The van der Waals surface area contributed by atoms with E-state index in [1.165, 1.54) is 16.3 Å². The van der Waals surface area contributed by atoms with Gasteiger partial charge < -0.3 is 15.4 Å². The number of amides is 2. The van der Waals surface area contributed by atoms with Crippen molar-refractivity contribution >= 4 is 46.0 Å². The number of benzene rings is 2. The van der Waals surface area contributed by atoms with Crippen molar-refractivity contribution in [3.63, 3.8) is 0 Å². The Bertz CT molecular complexity index is 1510. The average Bonchev–Trinajstić information content (AvgIpc) is 3.26. The summed E-state index contributed by atoms with van der Waals surface area (Å²) < 4.78 is 8.51. The highest BCUT2D eigenvalue weighted by Gasteiger charge is 2.32. The van der Waals surface area contributed by atoms with Gasteiger partial charge >= 0.3 is 11.8 Å². The molecule has 2 amide bonds. The Morgan fingerprint density at radius 3 is 2.92 bits per heavy atom. The van der Waals surface area contributed by atoms with Crippen molar-refractivity contribution in [1.29, 1.82) is 0 Å². The molecule has 1 aromatic heterocycles. The third-order valence-electron chi connectivity index (χ3n) is 6.82. The largest absolute Gasteiger partial charge is 0.443 e. The monoisotopic (exact) mass is 507 g/mol. The summed E-state index contributed by atoms with van der Waals surface area (Å²) in [6, 6.07) is 11.2. The van der Waals surface area contributed by atoms with Crippen molar-refractivity contribution in [2.75, 3.05) is 35.6 Å². The summed E-state index contributed by atoms with van der Waals surface area (Å²) >= 11 is 1.46. The summed E-state index contributed by atoms with van der Waals surface area (Å²) in [4.78, 5) is 52.7. The van der Waals surface area contributed by atoms with Crippen LogP contribution in [0.15, 0.2) is 50.9 Å². The molecule has 2 aromatic carbocycles. The Labute approximate surface area is 210 Å². The fourth-order valence-corrected chi connectivity index (χ4v) is 5.91. The number of nitrogens with one attached hydrogen (secondary N) is 2. The maximum absolute atomic E-state index is 13.0. The average molecular weight is 508 g/mol. The van der Waals surface area contributed by atoms with Crippen molar-refractivity contribution in [3.8, 4) is 0 Å². The topological polar surface area (TPSA) is 115 Å². The molecule has 1 fully saturated rings. The number of carbonyl (C=O) groups excluding carboxylic acids is 2. The number of anilines is 2. The van der Waals surface area contributed by atoms with Gasteiger partial charge in [-0.1, -0.05) is 12.1 Å². The number of carbonyl (C=O) groups is 2. The van der Waals surface area contributed by atoms with Gasteiger partial charge in [0.25, 0.3) is 5.56 Å². The molecule has 6 rings (SSSR count). The highest BCUT2D eigenvalue weighted by atomic mass is 32.2. The minimum atomic E-state index is -0.449. The van der Waals surface area contributed by atoms with E-state index in [9.17, 15) is 19.2 Å². The van der Waals surface area contributed by atoms with Crippen LogP contribution in [0.3, 0.4) is 0 Å². The molecule has 0 aliphatic carbocycles. The molecular formula is C25H25N5O5S. The van der Waals surface area contributed by atoms with Gasteiger partial charge in [0.1, 0.15) is 6.10 Å². The van der Waals surface area contributed by atoms with E-state index >= 15 is 0 Å². The second kappa shape index (κ2) is 9.14. The van der Waals surface area contributed by atoms with Gasteiger partial charge in [-0.25, -0.2) is 9.59 Å². The van der Waals surface area contributed by atoms with Crippen molar-refractivity contribution < 1.29 is 14.3 Å². The Morgan fingerprint density at radius 2 is 2.03 bits per heavy atom. The van der Waals surface area contributed by atoms with E-state index in [4.69, 9.17) is 4.74 Å². The van der Waals surface area contributed by atoms with Crippen LogP contribution in [0.4, 0.5) is 16.2 Å². The molecule has 36 heavy (non-hydrogen) atoms. The van der Waals surface area contributed by atoms with Gasteiger partial charge in [-0.15, -0.1) is 11.8 Å². The molecular weight excluding hydrogens is 482 g/mol. The first-order valence-electron chi connectivity index (χ1n) is 12.0. The fourth-order valence-electron chi connectivity index (χ4n) is 5.12. The first-order valence-corrected chi connectivity index (χ1v) is 13.0. The molecule has 10 nitrogen and oxygen atoms in total. The van der Waals surface area contributed by atoms with Gasteiger partial charge in [-0.2, -0.15) is 0 Å². The SMILES string of the molecule is O=C1CSc2ccc(N3C[C@@H](CNCCn4c(=O)c5cccc6c5n(c4=O)CCC6)OC3=O)cc2N1. The highest BCUT2D eigenvalue weighted by Crippen LogP contribution is 2.35. The third-order valence-corrected chi connectivity index (χ3v) is 7.89. The lowest BCUT2D eigenvalue weighted by atomic mass is 10.0. The van der Waals surface area contributed by atoms with Crippen LogP contribution in [-0.2, 0) is 29.0 Å². The molecule has 11 heteroatoms. The maximum atomic E-state index is 13.0. The number of aryl methyl sites for hydroxylation is 2. The molecule has 1 saturated heterocycles. The number of para-hydroxylation sites is 1. The van der Waals surface area contributed by atoms with E-state index in [0.29, 0.717) is 48.7 Å². The molecule has 3 aromatic rings. The van der Waals surface area contributed by atoms with Crippen molar-refractivity contribution in [2.24, 2.45) is 0 Å². The molecule has 186 valence electrons. The lowest BCUT2D eigenvalue weighted by molar-refractivity contribution is -0.113. The zero-order valence-corrected chi connectivity index (χ0v) is 20.3. The second-order valence-corrected chi connectivity index (χ2v) is 10.2. The van der Waals surface area contributed by atoms with Crippen LogP contribution in [0.1, 0.15) is 12.0 Å². The minimum Gasteiger partial charge on any atom is -0.443 e. The number of aromatic nitrogens is 2. The number of hydrogen-bond acceptors (Lipinski definition) is 7. The standard InChI is InChI=1S/C25H25N5O5S/c31-21-14-36-20-7-6-16(11-19(20)27-21)30-13-17(35-25(30)34)12-26-8-10-29-23(32)18-5-1-3-15-4-2-9-28(22(15)18)24(29)33/h1,3,5-7,11,17,26H,2,4,8-10,12-14H2,(H,27,31)/t17-/m1/s1. The second-order valence-electron chi connectivity index (χ2n) is 9.15. The maximum Gasteiger partial charge on any atom is 0.414 e. The van der Waals surface area contributed by atoms with E-state index in [0.717, 1.165) is 28.8 Å². The van der Waals surface area contributed by atoms with Gasteiger partial charge in [-0.05, 0) is 42.7 Å². The number of hydrogen-bond donors (Lipinski definition) is 2. The summed E-state index contributed by atoms with van der Waals surface area (Å²) in [5, 5.41) is 6.63. The van der Waals surface area contributed by atoms with E-state index in [1.54, 1.807) is 21.6 Å². The van der Waals surface area contributed by atoms with Gasteiger partial charge in [0.05, 0.1) is 28.9 Å². The van der Waals surface area contributed by atoms with Crippen molar-refractivity contribution in [3.05, 3.63) is 62.8 Å². The van der Waals surface area contributed by atoms with Crippen LogP contribution in [-0.4, -0.2) is 52.6 Å². The molecule has 3 aliphatic heterocycles. The smallest absolute Gasteiger partial charge is 0.414 e. The molecule has 0 spiro atoms. The van der Waals surface area contributed by atoms with Gasteiger partial charge in [-0.3, -0.25) is 23.6 Å². The zero-order chi connectivity index (χ0) is 24.8. The molecule has 0 radical (unpaired) electrons. The van der Waals surface area contributed by atoms with E-state index in [1.807, 2.05) is 24.3 Å². The number of thioether (sulfide) groups is 1. The van der Waals surface area contributed by atoms with Gasteiger partial charge in [0, 0.05) is 36.8 Å². The summed E-state index contributed by atoms with van der Waals surface area (Å²) in [7, 11) is 0. The number of fused-ring (bicyclic) bond motifs is 1. The van der Waals surface area contributed by atoms with Crippen molar-refractivity contribution in [1.82, 2.24) is 14.5 Å².